The van der Waals surface area contributed by atoms with Gasteiger partial charge in [-0.1, -0.05) is 49.3 Å². The molecule has 2 heteroatoms. The van der Waals surface area contributed by atoms with Gasteiger partial charge < -0.3 is 0 Å². The van der Waals surface area contributed by atoms with E-state index in [0.29, 0.717) is 0 Å². The van der Waals surface area contributed by atoms with E-state index in [1.165, 1.54) is 12.8 Å². The lowest BCUT2D eigenvalue weighted by Crippen LogP contribution is -1.94. The molecular formula is C8H18S2. The first-order valence-corrected chi connectivity index (χ1v) is 6.30. The highest BCUT2D eigenvalue weighted by molar-refractivity contribution is 8.77. The summed E-state index contributed by atoms with van der Waals surface area (Å²) in [6, 6.07) is 0. The molecule has 0 aliphatic heterocycles. The molecule has 0 aliphatic rings. The van der Waals surface area contributed by atoms with E-state index < -0.39 is 0 Å². The molecule has 0 nitrogen and oxygen atoms in total. The molecule has 2 atom stereocenters. The summed E-state index contributed by atoms with van der Waals surface area (Å²) in [5.74, 6) is 0. The van der Waals surface area contributed by atoms with Gasteiger partial charge in [-0.25, -0.2) is 0 Å². The van der Waals surface area contributed by atoms with Crippen LogP contribution in [-0.4, -0.2) is 10.5 Å². The molecule has 0 N–H and O–H groups in total. The number of hydrogen-bond donors (Lipinski definition) is 0. The molecule has 10 heavy (non-hydrogen) atoms. The summed E-state index contributed by atoms with van der Waals surface area (Å²) >= 11 is 0. The molecule has 0 aromatic carbocycles. The summed E-state index contributed by atoms with van der Waals surface area (Å²) in [4.78, 5) is 0. The van der Waals surface area contributed by atoms with Crippen LogP contribution < -0.4 is 0 Å². The van der Waals surface area contributed by atoms with Gasteiger partial charge in [-0.05, 0) is 12.8 Å². The van der Waals surface area contributed by atoms with Gasteiger partial charge in [0.15, 0.2) is 0 Å². The van der Waals surface area contributed by atoms with E-state index in [0.717, 1.165) is 10.5 Å². The lowest BCUT2D eigenvalue weighted by molar-refractivity contribution is 0.904. The molecule has 0 radical (unpaired) electrons. The highest BCUT2D eigenvalue weighted by atomic mass is 33.1. The van der Waals surface area contributed by atoms with Crippen molar-refractivity contribution in [1.29, 1.82) is 0 Å². The fraction of sp³-hybridized carbons (Fsp3) is 1.00. The Morgan fingerprint density at radius 3 is 1.40 bits per heavy atom. The Hall–Kier alpha value is 0.700. The predicted molar refractivity (Wildman–Crippen MR) is 54.7 cm³/mol. The van der Waals surface area contributed by atoms with Gasteiger partial charge in [-0.2, -0.15) is 0 Å². The fourth-order valence-corrected chi connectivity index (χ4v) is 2.93. The molecule has 0 amide bonds. The van der Waals surface area contributed by atoms with Gasteiger partial charge in [0.2, 0.25) is 0 Å². The van der Waals surface area contributed by atoms with E-state index in [-0.39, 0.29) is 0 Å². The Bertz CT molecular complexity index is 63.7. The van der Waals surface area contributed by atoms with E-state index >= 15 is 0 Å². The summed E-state index contributed by atoms with van der Waals surface area (Å²) in [6.45, 7) is 9.07. The zero-order valence-corrected chi connectivity index (χ0v) is 9.02. The summed E-state index contributed by atoms with van der Waals surface area (Å²) in [5, 5.41) is 1.64. The predicted octanol–water partition coefficient (Wildman–Crippen LogP) is 3.96. The lowest BCUT2D eigenvalue weighted by atomic mass is 10.4. The average Bonchev–Trinajstić information content (AvgIpc) is 1.99. The molecule has 0 unspecified atom stereocenters. The van der Waals surface area contributed by atoms with Crippen LogP contribution in [0.3, 0.4) is 0 Å². The molecule has 0 aliphatic carbocycles. The van der Waals surface area contributed by atoms with Crippen LogP contribution in [0.1, 0.15) is 40.5 Å². The maximum atomic E-state index is 2.29. The van der Waals surface area contributed by atoms with E-state index in [4.69, 9.17) is 0 Å². The second kappa shape index (κ2) is 6.41. The molecule has 0 heterocycles. The number of hydrogen-bond acceptors (Lipinski definition) is 2. The van der Waals surface area contributed by atoms with Gasteiger partial charge in [0, 0.05) is 10.5 Å². The van der Waals surface area contributed by atoms with Gasteiger partial charge in [-0.15, -0.1) is 0 Å². The van der Waals surface area contributed by atoms with Crippen LogP contribution in [0.5, 0.6) is 0 Å². The van der Waals surface area contributed by atoms with Gasteiger partial charge in [0.1, 0.15) is 0 Å². The van der Waals surface area contributed by atoms with E-state index in [2.05, 4.69) is 27.7 Å². The summed E-state index contributed by atoms with van der Waals surface area (Å²) in [7, 11) is 4.05. The third-order valence-corrected chi connectivity index (χ3v) is 5.27. The van der Waals surface area contributed by atoms with Gasteiger partial charge in [-0.3, -0.25) is 0 Å². The first-order chi connectivity index (χ1) is 4.70. The molecule has 0 saturated carbocycles. The highest BCUT2D eigenvalue weighted by Crippen LogP contribution is 2.33. The van der Waals surface area contributed by atoms with Crippen LogP contribution in [0.25, 0.3) is 0 Å². The van der Waals surface area contributed by atoms with Gasteiger partial charge in [0.05, 0.1) is 0 Å². The Kier molecular flexibility index (Phi) is 6.86. The van der Waals surface area contributed by atoms with Crippen LogP contribution >= 0.6 is 21.6 Å². The van der Waals surface area contributed by atoms with Crippen molar-refractivity contribution in [2.24, 2.45) is 0 Å². The molecule has 0 spiro atoms. The van der Waals surface area contributed by atoms with E-state index in [1.54, 1.807) is 0 Å². The smallest absolute Gasteiger partial charge is 0.0120 e. The summed E-state index contributed by atoms with van der Waals surface area (Å²) in [6.07, 6.45) is 2.57. The second-order valence-corrected chi connectivity index (χ2v) is 5.78. The maximum absolute atomic E-state index is 2.29. The molecule has 0 bridgehead atoms. The van der Waals surface area contributed by atoms with Crippen LogP contribution in [0, 0.1) is 0 Å². The molecule has 0 saturated heterocycles. The molecule has 0 fully saturated rings. The van der Waals surface area contributed by atoms with Crippen molar-refractivity contribution in [3.63, 3.8) is 0 Å². The van der Waals surface area contributed by atoms with E-state index in [1.807, 2.05) is 21.6 Å². The largest absolute Gasteiger partial charge is 0.0908 e. The van der Waals surface area contributed by atoms with Crippen molar-refractivity contribution in [3.05, 3.63) is 0 Å². The Balaban J connectivity index is 3.17. The Labute approximate surface area is 72.9 Å². The third kappa shape index (κ3) is 5.48. The SMILES string of the molecule is CC[C@@H](C)SS[C@H](C)CC. The molecule has 0 aromatic rings. The Morgan fingerprint density at radius 2 is 1.20 bits per heavy atom. The maximum Gasteiger partial charge on any atom is 0.0120 e. The monoisotopic (exact) mass is 178 g/mol. The zero-order valence-electron chi connectivity index (χ0n) is 7.39. The normalized spacial score (nSPS) is 16.8. The minimum Gasteiger partial charge on any atom is -0.0908 e. The topological polar surface area (TPSA) is 0 Å². The van der Waals surface area contributed by atoms with Crippen LogP contribution in [0.15, 0.2) is 0 Å². The first-order valence-electron chi connectivity index (χ1n) is 4.02. The third-order valence-electron chi connectivity index (χ3n) is 1.53. The second-order valence-electron chi connectivity index (χ2n) is 2.63. The quantitative estimate of drug-likeness (QED) is 0.584. The van der Waals surface area contributed by atoms with Crippen LogP contribution in [-0.2, 0) is 0 Å². The lowest BCUT2D eigenvalue weighted by Gasteiger charge is -2.10. The average molecular weight is 178 g/mol. The van der Waals surface area contributed by atoms with Crippen molar-refractivity contribution < 1.29 is 0 Å². The minimum atomic E-state index is 0.819. The van der Waals surface area contributed by atoms with Crippen LogP contribution in [0.4, 0.5) is 0 Å². The highest BCUT2D eigenvalue weighted by Gasteiger charge is 2.03. The molecule has 62 valence electrons. The summed E-state index contributed by atoms with van der Waals surface area (Å²) < 4.78 is 0. The van der Waals surface area contributed by atoms with Gasteiger partial charge in [0.25, 0.3) is 0 Å². The Morgan fingerprint density at radius 1 is 0.900 bits per heavy atom. The first kappa shape index (κ1) is 10.7. The summed E-state index contributed by atoms with van der Waals surface area (Å²) in [5.41, 5.74) is 0. The van der Waals surface area contributed by atoms with Crippen molar-refractivity contribution in [3.8, 4) is 0 Å². The van der Waals surface area contributed by atoms with Crippen molar-refractivity contribution in [2.75, 3.05) is 0 Å². The number of rotatable bonds is 5. The van der Waals surface area contributed by atoms with Crippen molar-refractivity contribution >= 4 is 21.6 Å². The molecular weight excluding hydrogens is 160 g/mol. The van der Waals surface area contributed by atoms with Crippen molar-refractivity contribution in [2.45, 2.75) is 51.0 Å². The fourth-order valence-electron chi connectivity index (χ4n) is 0.326. The molecule has 0 rings (SSSR count). The standard InChI is InChI=1S/C8H18S2/c1-5-7(3)9-10-8(4)6-2/h7-8H,5-6H2,1-4H3/t7-,8-/m1/s1. The molecule has 0 aromatic heterocycles. The minimum absolute atomic E-state index is 0.819. The van der Waals surface area contributed by atoms with E-state index in [9.17, 15) is 0 Å². The van der Waals surface area contributed by atoms with Crippen molar-refractivity contribution in [1.82, 2.24) is 0 Å². The van der Waals surface area contributed by atoms with Gasteiger partial charge >= 0.3 is 0 Å². The van der Waals surface area contributed by atoms with Crippen LogP contribution in [0.2, 0.25) is 0 Å². The zero-order chi connectivity index (χ0) is 7.98.